The maximum Gasteiger partial charge on any atom is 0.135 e. The summed E-state index contributed by atoms with van der Waals surface area (Å²) in [6.07, 6.45) is -2.03. The minimum atomic E-state index is -1.01. The van der Waals surface area contributed by atoms with Gasteiger partial charge in [0.15, 0.2) is 0 Å². The predicted molar refractivity (Wildman–Crippen MR) is 92.3 cm³/mol. The number of benzene rings is 2. The van der Waals surface area contributed by atoms with Crippen LogP contribution in [0.3, 0.4) is 0 Å². The fraction of sp³-hybridized carbons (Fsp3) is 0.250. The fourth-order valence-electron chi connectivity index (χ4n) is 1.86. The van der Waals surface area contributed by atoms with E-state index < -0.39 is 12.3 Å². The van der Waals surface area contributed by atoms with Crippen molar-refractivity contribution in [1.29, 1.82) is 0 Å². The van der Waals surface area contributed by atoms with E-state index in [0.29, 0.717) is 11.1 Å². The predicted octanol–water partition coefficient (Wildman–Crippen LogP) is 6.65. The largest absolute Gasteiger partial charge is 0.241 e. The van der Waals surface area contributed by atoms with Crippen LogP contribution in [0.25, 0.3) is 0 Å². The van der Waals surface area contributed by atoms with Crippen LogP contribution < -0.4 is 0 Å². The van der Waals surface area contributed by atoms with E-state index in [0.717, 1.165) is 9.79 Å². The Morgan fingerprint density at radius 1 is 0.810 bits per heavy atom. The zero-order valence-electron chi connectivity index (χ0n) is 11.1. The van der Waals surface area contributed by atoms with Crippen molar-refractivity contribution in [3.63, 3.8) is 0 Å². The number of hydrogen-bond donors (Lipinski definition) is 0. The topological polar surface area (TPSA) is 0 Å². The number of halogens is 4. The number of hydrogen-bond acceptors (Lipinski definition) is 1. The number of rotatable bonds is 6. The van der Waals surface area contributed by atoms with Crippen molar-refractivity contribution in [2.45, 2.75) is 22.1 Å². The van der Waals surface area contributed by atoms with E-state index in [1.807, 2.05) is 36.4 Å². The maximum absolute atomic E-state index is 13.7. The zero-order valence-corrected chi connectivity index (χ0v) is 15.1. The first kappa shape index (κ1) is 17.0. The summed E-state index contributed by atoms with van der Waals surface area (Å²) < 4.78 is 27.4. The van der Waals surface area contributed by atoms with E-state index in [1.54, 1.807) is 12.1 Å². The second-order valence-electron chi connectivity index (χ2n) is 4.49. The highest BCUT2D eigenvalue weighted by atomic mass is 79.9. The Morgan fingerprint density at radius 2 is 1.24 bits per heavy atom. The van der Waals surface area contributed by atoms with Gasteiger partial charge in [0.1, 0.15) is 12.3 Å². The van der Waals surface area contributed by atoms with Gasteiger partial charge in [0.25, 0.3) is 0 Å². The molecule has 0 saturated heterocycles. The van der Waals surface area contributed by atoms with Crippen molar-refractivity contribution >= 4 is 43.6 Å². The van der Waals surface area contributed by atoms with Gasteiger partial charge in [-0.2, -0.15) is 0 Å². The molecular weight excluding hydrogens is 422 g/mol. The lowest BCUT2D eigenvalue weighted by Crippen LogP contribution is -1.93. The average Bonchev–Trinajstić information content (AvgIpc) is 2.53. The lowest BCUT2D eigenvalue weighted by Gasteiger charge is -2.09. The molecule has 0 fully saturated rings. The highest BCUT2D eigenvalue weighted by Crippen LogP contribution is 2.32. The molecule has 2 aromatic carbocycles. The van der Waals surface area contributed by atoms with E-state index >= 15 is 0 Å². The van der Waals surface area contributed by atoms with Crippen LogP contribution in [0.2, 0.25) is 0 Å². The summed E-state index contributed by atoms with van der Waals surface area (Å²) in [5.41, 5.74) is 1.30. The second kappa shape index (κ2) is 8.30. The molecular formula is C16H14Br2F2S. The molecule has 0 radical (unpaired) electrons. The zero-order chi connectivity index (χ0) is 15.2. The van der Waals surface area contributed by atoms with Crippen LogP contribution in [-0.4, -0.2) is 10.7 Å². The van der Waals surface area contributed by atoms with Crippen LogP contribution in [0, 0.1) is 0 Å². The average molecular weight is 436 g/mol. The number of alkyl halides is 4. The summed E-state index contributed by atoms with van der Waals surface area (Å²) in [5.74, 6) is 0. The Labute approximate surface area is 144 Å². The van der Waals surface area contributed by atoms with Gasteiger partial charge in [0.2, 0.25) is 0 Å². The summed E-state index contributed by atoms with van der Waals surface area (Å²) in [6, 6.07) is 14.8. The third-order valence-corrected chi connectivity index (χ3v) is 5.06. The molecule has 0 aliphatic carbocycles. The summed E-state index contributed by atoms with van der Waals surface area (Å²) in [7, 11) is 0. The van der Waals surface area contributed by atoms with Crippen LogP contribution in [-0.2, 0) is 0 Å². The Kier molecular flexibility index (Phi) is 6.71. The molecule has 112 valence electrons. The van der Waals surface area contributed by atoms with Gasteiger partial charge in [0, 0.05) is 20.5 Å². The normalized spacial score (nSPS) is 13.9. The lowest BCUT2D eigenvalue weighted by molar-refractivity contribution is 0.382. The van der Waals surface area contributed by atoms with Crippen molar-refractivity contribution in [1.82, 2.24) is 0 Å². The molecule has 0 saturated carbocycles. The molecule has 0 N–H and O–H groups in total. The maximum atomic E-state index is 13.7. The molecule has 2 unspecified atom stereocenters. The standard InChI is InChI=1S/C16H14Br2F2S/c17-9-15(19)11-3-1-5-13(7-11)21-14-6-2-4-12(8-14)16(20)10-18/h1-8,15-16H,9-10H2. The molecule has 21 heavy (non-hydrogen) atoms. The highest BCUT2D eigenvalue weighted by Gasteiger charge is 2.10. The van der Waals surface area contributed by atoms with Crippen molar-refractivity contribution in [3.8, 4) is 0 Å². The van der Waals surface area contributed by atoms with Crippen molar-refractivity contribution in [2.24, 2.45) is 0 Å². The minimum Gasteiger partial charge on any atom is -0.241 e. The summed E-state index contributed by atoms with van der Waals surface area (Å²) in [6.45, 7) is 0. The summed E-state index contributed by atoms with van der Waals surface area (Å²) in [4.78, 5) is 1.89. The molecule has 2 aromatic rings. The molecule has 0 heterocycles. The SMILES string of the molecule is FC(CBr)c1cccc(Sc2cccc(C(F)CBr)c2)c1. The molecule has 5 heteroatoms. The van der Waals surface area contributed by atoms with Gasteiger partial charge < -0.3 is 0 Å². The van der Waals surface area contributed by atoms with Crippen molar-refractivity contribution < 1.29 is 8.78 Å². The van der Waals surface area contributed by atoms with E-state index in [2.05, 4.69) is 31.9 Å². The first-order valence-corrected chi connectivity index (χ1v) is 9.48. The molecule has 0 aliphatic heterocycles. The van der Waals surface area contributed by atoms with E-state index in [1.165, 1.54) is 11.8 Å². The monoisotopic (exact) mass is 434 g/mol. The lowest BCUT2D eigenvalue weighted by atomic mass is 10.1. The Bertz CT molecular complexity index is 540. The minimum absolute atomic E-state index is 0.283. The molecule has 0 aromatic heterocycles. The van der Waals surface area contributed by atoms with Gasteiger partial charge >= 0.3 is 0 Å². The molecule has 2 atom stereocenters. The Balaban J connectivity index is 2.18. The van der Waals surface area contributed by atoms with Crippen molar-refractivity contribution in [3.05, 3.63) is 59.7 Å². The highest BCUT2D eigenvalue weighted by molar-refractivity contribution is 9.09. The van der Waals surface area contributed by atoms with Gasteiger partial charge in [0.05, 0.1) is 0 Å². The van der Waals surface area contributed by atoms with Crippen LogP contribution in [0.4, 0.5) is 8.78 Å². The van der Waals surface area contributed by atoms with E-state index in [-0.39, 0.29) is 10.7 Å². The summed E-state index contributed by atoms with van der Waals surface area (Å²) in [5, 5.41) is 0.566. The molecule has 0 amide bonds. The first-order valence-electron chi connectivity index (χ1n) is 6.42. The molecule has 0 aliphatic rings. The Hall–Kier alpha value is -0.390. The summed E-state index contributed by atoms with van der Waals surface area (Å²) >= 11 is 7.80. The molecule has 0 bridgehead atoms. The molecule has 0 nitrogen and oxygen atoms in total. The van der Waals surface area contributed by atoms with Crippen LogP contribution >= 0.6 is 43.6 Å². The Morgan fingerprint density at radius 3 is 1.62 bits per heavy atom. The fourth-order valence-corrected chi connectivity index (χ4v) is 3.56. The van der Waals surface area contributed by atoms with E-state index in [9.17, 15) is 8.78 Å². The van der Waals surface area contributed by atoms with Gasteiger partial charge in [-0.3, -0.25) is 0 Å². The van der Waals surface area contributed by atoms with Gasteiger partial charge in [-0.15, -0.1) is 0 Å². The van der Waals surface area contributed by atoms with Gasteiger partial charge in [-0.1, -0.05) is 67.9 Å². The third-order valence-electron chi connectivity index (χ3n) is 2.95. The van der Waals surface area contributed by atoms with Gasteiger partial charge in [-0.25, -0.2) is 8.78 Å². The molecule has 2 rings (SSSR count). The van der Waals surface area contributed by atoms with Crippen LogP contribution in [0.5, 0.6) is 0 Å². The van der Waals surface area contributed by atoms with E-state index in [4.69, 9.17) is 0 Å². The van der Waals surface area contributed by atoms with Crippen LogP contribution in [0.1, 0.15) is 23.5 Å². The third kappa shape index (κ3) is 4.80. The first-order chi connectivity index (χ1) is 10.1. The quantitative estimate of drug-likeness (QED) is 0.457. The molecule has 0 spiro atoms. The van der Waals surface area contributed by atoms with Crippen LogP contribution in [0.15, 0.2) is 58.3 Å². The smallest absolute Gasteiger partial charge is 0.135 e. The van der Waals surface area contributed by atoms with Gasteiger partial charge in [-0.05, 0) is 35.4 Å². The second-order valence-corrected chi connectivity index (χ2v) is 6.93. The van der Waals surface area contributed by atoms with Crippen molar-refractivity contribution in [2.75, 3.05) is 10.7 Å².